The first-order chi connectivity index (χ1) is 10.7. The number of carbonyl (C=O) groups is 1. The molecular formula is C17H17N3O2. The summed E-state index contributed by atoms with van der Waals surface area (Å²) in [5.74, 6) is 0.568. The van der Waals surface area contributed by atoms with Crippen molar-refractivity contribution in [3.8, 4) is 0 Å². The van der Waals surface area contributed by atoms with Gasteiger partial charge >= 0.3 is 0 Å². The molecule has 22 heavy (non-hydrogen) atoms. The number of nitrogens with zero attached hydrogens (tertiary/aromatic N) is 2. The minimum Gasteiger partial charge on any atom is -0.439 e. The highest BCUT2D eigenvalue weighted by atomic mass is 16.3. The molecule has 1 aromatic carbocycles. The molecule has 1 N–H and O–H groups in total. The number of hydrogen-bond donors (Lipinski definition) is 1. The summed E-state index contributed by atoms with van der Waals surface area (Å²) in [6.45, 7) is 1.79. The van der Waals surface area contributed by atoms with Gasteiger partial charge in [-0.3, -0.25) is 9.78 Å². The number of aromatic nitrogens is 2. The average Bonchev–Trinajstić information content (AvgIpc) is 2.90. The van der Waals surface area contributed by atoms with E-state index in [1.165, 1.54) is 0 Å². The molecule has 0 fully saturated rings. The molecule has 5 heteroatoms. The number of rotatable bonds is 5. The van der Waals surface area contributed by atoms with Crippen LogP contribution in [0.3, 0.4) is 0 Å². The number of hydrogen-bond acceptors (Lipinski definition) is 4. The summed E-state index contributed by atoms with van der Waals surface area (Å²) in [4.78, 5) is 20.4. The Morgan fingerprint density at radius 2 is 2.18 bits per heavy atom. The molecule has 0 saturated heterocycles. The lowest BCUT2D eigenvalue weighted by atomic mass is 10.1. The number of oxazole rings is 1. The number of anilines is 1. The van der Waals surface area contributed by atoms with Gasteiger partial charge in [-0.25, -0.2) is 4.98 Å². The van der Waals surface area contributed by atoms with Crippen LogP contribution in [0.1, 0.15) is 24.3 Å². The summed E-state index contributed by atoms with van der Waals surface area (Å²) < 4.78 is 5.54. The molecule has 3 rings (SSSR count). The molecule has 0 atom stereocenters. The van der Waals surface area contributed by atoms with Crippen molar-refractivity contribution in [1.29, 1.82) is 0 Å². The molecule has 0 spiro atoms. The molecule has 0 unspecified atom stereocenters. The van der Waals surface area contributed by atoms with E-state index in [0.29, 0.717) is 23.6 Å². The Labute approximate surface area is 128 Å². The highest BCUT2D eigenvalue weighted by Gasteiger charge is 2.10. The molecule has 2 aromatic heterocycles. The predicted molar refractivity (Wildman–Crippen MR) is 84.6 cm³/mol. The molecular weight excluding hydrogens is 278 g/mol. The molecule has 112 valence electrons. The maximum atomic E-state index is 12.1. The lowest BCUT2D eigenvalue weighted by Crippen LogP contribution is -2.11. The minimum atomic E-state index is -0.0227. The van der Waals surface area contributed by atoms with Crippen molar-refractivity contribution in [3.63, 3.8) is 0 Å². The molecule has 0 aliphatic carbocycles. The molecule has 5 nitrogen and oxygen atoms in total. The monoisotopic (exact) mass is 295 g/mol. The van der Waals surface area contributed by atoms with Gasteiger partial charge in [-0.05, 0) is 36.6 Å². The van der Waals surface area contributed by atoms with Crippen molar-refractivity contribution >= 4 is 22.7 Å². The highest BCUT2D eigenvalue weighted by Crippen LogP contribution is 2.24. The van der Waals surface area contributed by atoms with E-state index in [4.69, 9.17) is 4.42 Å². The Bertz CT molecular complexity index is 781. The third-order valence-electron chi connectivity index (χ3n) is 3.39. The lowest BCUT2D eigenvalue weighted by Gasteiger charge is -2.05. The largest absolute Gasteiger partial charge is 0.439 e. The van der Waals surface area contributed by atoms with Gasteiger partial charge in [0.1, 0.15) is 5.52 Å². The van der Waals surface area contributed by atoms with Crippen molar-refractivity contribution < 1.29 is 9.21 Å². The second kappa shape index (κ2) is 6.39. The number of para-hydroxylation sites is 1. The van der Waals surface area contributed by atoms with E-state index >= 15 is 0 Å². The molecule has 0 aliphatic heterocycles. The van der Waals surface area contributed by atoms with Crippen LogP contribution in [0, 0.1) is 6.92 Å². The number of benzene rings is 1. The maximum Gasteiger partial charge on any atom is 0.224 e. The van der Waals surface area contributed by atoms with Crippen molar-refractivity contribution in [1.82, 2.24) is 9.97 Å². The van der Waals surface area contributed by atoms with E-state index in [2.05, 4.69) is 15.3 Å². The Balaban J connectivity index is 1.59. The van der Waals surface area contributed by atoms with E-state index in [1.54, 1.807) is 13.1 Å². The Hall–Kier alpha value is -2.69. The van der Waals surface area contributed by atoms with Gasteiger partial charge in [0.25, 0.3) is 0 Å². The Kier molecular flexibility index (Phi) is 4.14. The standard InChI is InChI=1S/C17H17N3O2/c1-12-19-14-7-3-8-15(17(14)22-12)20-16(21)9-2-5-13-6-4-10-18-11-13/h3-4,6-8,10-11H,2,5,9H2,1H3,(H,20,21). The molecule has 1 amide bonds. The van der Waals surface area contributed by atoms with Gasteiger partial charge in [0.2, 0.25) is 5.91 Å². The Morgan fingerprint density at radius 3 is 3.00 bits per heavy atom. The second-order valence-corrected chi connectivity index (χ2v) is 5.15. The van der Waals surface area contributed by atoms with Gasteiger partial charge < -0.3 is 9.73 Å². The van der Waals surface area contributed by atoms with Crippen molar-refractivity contribution in [3.05, 3.63) is 54.2 Å². The first kappa shape index (κ1) is 14.3. The van der Waals surface area contributed by atoms with Gasteiger partial charge in [-0.1, -0.05) is 12.1 Å². The van der Waals surface area contributed by atoms with E-state index in [1.807, 2.05) is 36.5 Å². The summed E-state index contributed by atoms with van der Waals surface area (Å²) in [6.07, 6.45) is 5.65. The molecule has 2 heterocycles. The fourth-order valence-electron chi connectivity index (χ4n) is 2.37. The van der Waals surface area contributed by atoms with Crippen LogP contribution in [0.25, 0.3) is 11.1 Å². The van der Waals surface area contributed by atoms with Crippen molar-refractivity contribution in [2.45, 2.75) is 26.2 Å². The van der Waals surface area contributed by atoms with Gasteiger partial charge in [-0.15, -0.1) is 0 Å². The number of pyridine rings is 1. The van der Waals surface area contributed by atoms with Crippen molar-refractivity contribution in [2.75, 3.05) is 5.32 Å². The number of fused-ring (bicyclic) bond motifs is 1. The van der Waals surface area contributed by atoms with Crippen LogP contribution in [0.2, 0.25) is 0 Å². The number of aryl methyl sites for hydroxylation is 2. The fourth-order valence-corrected chi connectivity index (χ4v) is 2.37. The quantitative estimate of drug-likeness (QED) is 0.782. The Morgan fingerprint density at radius 1 is 1.27 bits per heavy atom. The van der Waals surface area contributed by atoms with E-state index in [9.17, 15) is 4.79 Å². The maximum absolute atomic E-state index is 12.1. The molecule has 0 saturated carbocycles. The van der Waals surface area contributed by atoms with Crippen LogP contribution in [0.4, 0.5) is 5.69 Å². The van der Waals surface area contributed by atoms with Crippen molar-refractivity contribution in [2.24, 2.45) is 0 Å². The van der Waals surface area contributed by atoms with Crippen LogP contribution in [-0.2, 0) is 11.2 Å². The van der Waals surface area contributed by atoms with Gasteiger partial charge in [-0.2, -0.15) is 0 Å². The van der Waals surface area contributed by atoms with Gasteiger partial charge in [0, 0.05) is 25.7 Å². The highest BCUT2D eigenvalue weighted by molar-refractivity contribution is 5.98. The zero-order valence-electron chi connectivity index (χ0n) is 12.4. The summed E-state index contributed by atoms with van der Waals surface area (Å²) >= 11 is 0. The van der Waals surface area contributed by atoms with Gasteiger partial charge in [0.15, 0.2) is 11.5 Å². The van der Waals surface area contributed by atoms with Crippen LogP contribution in [-0.4, -0.2) is 15.9 Å². The summed E-state index contributed by atoms with van der Waals surface area (Å²) in [7, 11) is 0. The van der Waals surface area contributed by atoms with Crippen LogP contribution in [0.15, 0.2) is 47.1 Å². The lowest BCUT2D eigenvalue weighted by molar-refractivity contribution is -0.116. The van der Waals surface area contributed by atoms with Crippen LogP contribution in [0.5, 0.6) is 0 Å². The topological polar surface area (TPSA) is 68.0 Å². The zero-order chi connectivity index (χ0) is 15.4. The van der Waals surface area contributed by atoms with E-state index in [0.717, 1.165) is 23.9 Å². The third-order valence-corrected chi connectivity index (χ3v) is 3.39. The van der Waals surface area contributed by atoms with Crippen LogP contribution < -0.4 is 5.32 Å². The van der Waals surface area contributed by atoms with E-state index < -0.39 is 0 Å². The normalized spacial score (nSPS) is 10.8. The summed E-state index contributed by atoms with van der Waals surface area (Å²) in [5.41, 5.74) is 3.19. The molecule has 3 aromatic rings. The summed E-state index contributed by atoms with van der Waals surface area (Å²) in [6, 6.07) is 9.47. The predicted octanol–water partition coefficient (Wildman–Crippen LogP) is 3.49. The summed E-state index contributed by atoms with van der Waals surface area (Å²) in [5, 5.41) is 2.90. The molecule has 0 aliphatic rings. The first-order valence-electron chi connectivity index (χ1n) is 7.27. The first-order valence-corrected chi connectivity index (χ1v) is 7.27. The molecule has 0 radical (unpaired) electrons. The minimum absolute atomic E-state index is 0.0227. The SMILES string of the molecule is Cc1nc2cccc(NC(=O)CCCc3cccnc3)c2o1. The third kappa shape index (κ3) is 3.31. The molecule has 0 bridgehead atoms. The number of nitrogens with one attached hydrogen (secondary N) is 1. The zero-order valence-corrected chi connectivity index (χ0v) is 12.4. The number of carbonyl (C=O) groups excluding carboxylic acids is 1. The smallest absolute Gasteiger partial charge is 0.224 e. The van der Waals surface area contributed by atoms with Crippen LogP contribution >= 0.6 is 0 Å². The fraction of sp³-hybridized carbons (Fsp3) is 0.235. The number of amides is 1. The second-order valence-electron chi connectivity index (χ2n) is 5.15. The average molecular weight is 295 g/mol. The van der Waals surface area contributed by atoms with E-state index in [-0.39, 0.29) is 5.91 Å². The van der Waals surface area contributed by atoms with Gasteiger partial charge in [0.05, 0.1) is 5.69 Å².